The molecular formula is C14H22N2O3S. The molecule has 1 fully saturated rings. The van der Waals surface area contributed by atoms with Gasteiger partial charge in [-0.3, -0.25) is 0 Å². The van der Waals surface area contributed by atoms with Gasteiger partial charge >= 0.3 is 0 Å². The summed E-state index contributed by atoms with van der Waals surface area (Å²) in [6.45, 7) is 2.13. The summed E-state index contributed by atoms with van der Waals surface area (Å²) in [6.07, 6.45) is 2.59. The Kier molecular flexibility index (Phi) is 4.80. The Morgan fingerprint density at radius 3 is 2.75 bits per heavy atom. The van der Waals surface area contributed by atoms with Gasteiger partial charge in [-0.15, -0.1) is 0 Å². The first kappa shape index (κ1) is 15.4. The van der Waals surface area contributed by atoms with Crippen molar-refractivity contribution in [1.82, 2.24) is 4.72 Å². The second-order valence-corrected chi connectivity index (χ2v) is 6.92. The SMILES string of the molecule is COC1CCC(NS(=O)(=O)c2cccc(CN)c2C)C1. The largest absolute Gasteiger partial charge is 0.381 e. The number of ether oxygens (including phenoxy) is 1. The monoisotopic (exact) mass is 298 g/mol. The van der Waals surface area contributed by atoms with Crippen molar-refractivity contribution in [3.8, 4) is 0 Å². The minimum absolute atomic E-state index is 0.0501. The average Bonchev–Trinajstić information content (AvgIpc) is 2.85. The third-order valence-electron chi connectivity index (χ3n) is 3.95. The highest BCUT2D eigenvalue weighted by Crippen LogP contribution is 2.25. The lowest BCUT2D eigenvalue weighted by Gasteiger charge is -2.16. The molecule has 0 amide bonds. The van der Waals surface area contributed by atoms with Crippen molar-refractivity contribution in [3.63, 3.8) is 0 Å². The molecule has 0 aliphatic heterocycles. The summed E-state index contributed by atoms with van der Waals surface area (Å²) in [5.41, 5.74) is 7.21. The summed E-state index contributed by atoms with van der Waals surface area (Å²) >= 11 is 0. The van der Waals surface area contributed by atoms with Crippen LogP contribution >= 0.6 is 0 Å². The number of nitrogens with one attached hydrogen (secondary N) is 1. The number of methoxy groups -OCH3 is 1. The first-order chi connectivity index (χ1) is 9.47. The van der Waals surface area contributed by atoms with Crippen molar-refractivity contribution in [2.75, 3.05) is 7.11 Å². The smallest absolute Gasteiger partial charge is 0.241 e. The molecule has 0 saturated heterocycles. The number of nitrogens with two attached hydrogens (primary N) is 1. The van der Waals surface area contributed by atoms with Crippen LogP contribution in [-0.4, -0.2) is 27.7 Å². The van der Waals surface area contributed by atoms with Gasteiger partial charge in [0.2, 0.25) is 10.0 Å². The van der Waals surface area contributed by atoms with Crippen molar-refractivity contribution in [3.05, 3.63) is 29.3 Å². The number of hydrogen-bond acceptors (Lipinski definition) is 4. The Morgan fingerprint density at radius 2 is 2.15 bits per heavy atom. The molecule has 0 spiro atoms. The van der Waals surface area contributed by atoms with E-state index in [0.29, 0.717) is 11.4 Å². The van der Waals surface area contributed by atoms with Gasteiger partial charge in [-0.1, -0.05) is 12.1 Å². The van der Waals surface area contributed by atoms with Gasteiger partial charge in [0.25, 0.3) is 0 Å². The molecule has 0 aromatic heterocycles. The maximum Gasteiger partial charge on any atom is 0.241 e. The standard InChI is InChI=1S/C14H22N2O3S/c1-10-11(9-15)4-3-5-14(10)20(17,18)16-12-6-7-13(8-12)19-2/h3-5,12-13,16H,6-9,15H2,1-2H3. The fraction of sp³-hybridized carbons (Fsp3) is 0.571. The zero-order valence-electron chi connectivity index (χ0n) is 11.9. The summed E-state index contributed by atoms with van der Waals surface area (Å²) in [7, 11) is -1.84. The van der Waals surface area contributed by atoms with E-state index in [9.17, 15) is 8.42 Å². The molecule has 2 rings (SSSR count). The first-order valence-electron chi connectivity index (χ1n) is 6.81. The van der Waals surface area contributed by atoms with E-state index in [1.165, 1.54) is 0 Å². The van der Waals surface area contributed by atoms with E-state index in [1.54, 1.807) is 26.2 Å². The normalized spacial score (nSPS) is 23.1. The fourth-order valence-corrected chi connectivity index (χ4v) is 4.29. The average molecular weight is 298 g/mol. The maximum absolute atomic E-state index is 12.5. The van der Waals surface area contributed by atoms with Gasteiger partial charge in [0, 0.05) is 19.7 Å². The lowest BCUT2D eigenvalue weighted by atomic mass is 10.1. The molecule has 1 aromatic rings. The van der Waals surface area contributed by atoms with E-state index < -0.39 is 10.0 Å². The second kappa shape index (κ2) is 6.22. The van der Waals surface area contributed by atoms with Crippen LogP contribution < -0.4 is 10.5 Å². The Hall–Kier alpha value is -0.950. The molecule has 5 nitrogen and oxygen atoms in total. The van der Waals surface area contributed by atoms with Crippen molar-refractivity contribution >= 4 is 10.0 Å². The number of rotatable bonds is 5. The van der Waals surface area contributed by atoms with Crippen LogP contribution in [0.4, 0.5) is 0 Å². The summed E-state index contributed by atoms with van der Waals surface area (Å²) < 4.78 is 33.0. The van der Waals surface area contributed by atoms with Gasteiger partial charge in [0.1, 0.15) is 0 Å². The second-order valence-electron chi connectivity index (χ2n) is 5.23. The molecule has 0 bridgehead atoms. The van der Waals surface area contributed by atoms with Crippen LogP contribution in [0.3, 0.4) is 0 Å². The number of hydrogen-bond donors (Lipinski definition) is 2. The van der Waals surface area contributed by atoms with E-state index >= 15 is 0 Å². The highest BCUT2D eigenvalue weighted by molar-refractivity contribution is 7.89. The predicted molar refractivity (Wildman–Crippen MR) is 77.8 cm³/mol. The van der Waals surface area contributed by atoms with Gasteiger partial charge in [-0.2, -0.15) is 0 Å². The molecule has 1 saturated carbocycles. The Labute approximate surface area is 120 Å². The van der Waals surface area contributed by atoms with Crippen LogP contribution in [0.15, 0.2) is 23.1 Å². The van der Waals surface area contributed by atoms with Crippen molar-refractivity contribution in [1.29, 1.82) is 0 Å². The van der Waals surface area contributed by atoms with Gasteiger partial charge in [0.15, 0.2) is 0 Å². The predicted octanol–water partition coefficient (Wildman–Crippen LogP) is 1.30. The lowest BCUT2D eigenvalue weighted by Crippen LogP contribution is -2.34. The molecule has 2 atom stereocenters. The zero-order valence-corrected chi connectivity index (χ0v) is 12.7. The van der Waals surface area contributed by atoms with E-state index in [1.807, 2.05) is 6.07 Å². The maximum atomic E-state index is 12.5. The molecule has 2 unspecified atom stereocenters. The van der Waals surface area contributed by atoms with Gasteiger partial charge in [-0.25, -0.2) is 13.1 Å². The molecule has 0 heterocycles. The van der Waals surface area contributed by atoms with E-state index in [4.69, 9.17) is 10.5 Å². The highest BCUT2D eigenvalue weighted by atomic mass is 32.2. The third-order valence-corrected chi connectivity index (χ3v) is 5.61. The van der Waals surface area contributed by atoms with Gasteiger partial charge in [0.05, 0.1) is 11.0 Å². The molecule has 20 heavy (non-hydrogen) atoms. The molecule has 3 N–H and O–H groups in total. The van der Waals surface area contributed by atoms with Crippen LogP contribution in [-0.2, 0) is 21.3 Å². The zero-order chi connectivity index (χ0) is 14.8. The highest BCUT2D eigenvalue weighted by Gasteiger charge is 2.29. The summed E-state index contributed by atoms with van der Waals surface area (Å²) in [4.78, 5) is 0.321. The molecule has 1 aromatic carbocycles. The summed E-state index contributed by atoms with van der Waals surface area (Å²) in [5, 5.41) is 0. The summed E-state index contributed by atoms with van der Waals surface area (Å²) in [5.74, 6) is 0. The number of benzene rings is 1. The molecule has 112 valence electrons. The van der Waals surface area contributed by atoms with Crippen LogP contribution in [0, 0.1) is 6.92 Å². The van der Waals surface area contributed by atoms with Crippen LogP contribution in [0.5, 0.6) is 0 Å². The molecule has 1 aliphatic carbocycles. The third kappa shape index (κ3) is 3.20. The molecule has 0 radical (unpaired) electrons. The van der Waals surface area contributed by atoms with E-state index in [0.717, 1.165) is 30.4 Å². The number of sulfonamides is 1. The fourth-order valence-electron chi connectivity index (χ4n) is 2.72. The first-order valence-corrected chi connectivity index (χ1v) is 8.30. The molecular weight excluding hydrogens is 276 g/mol. The van der Waals surface area contributed by atoms with Gasteiger partial charge < -0.3 is 10.5 Å². The van der Waals surface area contributed by atoms with Crippen LogP contribution in [0.1, 0.15) is 30.4 Å². The summed E-state index contributed by atoms with van der Waals surface area (Å²) in [6, 6.07) is 5.16. The Balaban J connectivity index is 2.19. The minimum atomic E-state index is -3.50. The van der Waals surface area contributed by atoms with E-state index in [-0.39, 0.29) is 12.1 Å². The molecule has 6 heteroatoms. The van der Waals surface area contributed by atoms with E-state index in [2.05, 4.69) is 4.72 Å². The van der Waals surface area contributed by atoms with Crippen LogP contribution in [0.25, 0.3) is 0 Å². The quantitative estimate of drug-likeness (QED) is 0.858. The lowest BCUT2D eigenvalue weighted by molar-refractivity contribution is 0.107. The van der Waals surface area contributed by atoms with Crippen molar-refractivity contribution in [2.24, 2.45) is 5.73 Å². The molecule has 1 aliphatic rings. The van der Waals surface area contributed by atoms with Crippen molar-refractivity contribution < 1.29 is 13.2 Å². The van der Waals surface area contributed by atoms with Gasteiger partial charge in [-0.05, 0) is 43.4 Å². The topological polar surface area (TPSA) is 81.4 Å². The Bertz CT molecular complexity index is 572. The Morgan fingerprint density at radius 1 is 1.40 bits per heavy atom. The van der Waals surface area contributed by atoms with Crippen LogP contribution in [0.2, 0.25) is 0 Å². The van der Waals surface area contributed by atoms with Crippen molar-refractivity contribution in [2.45, 2.75) is 49.8 Å². The minimum Gasteiger partial charge on any atom is -0.381 e.